The Labute approximate surface area is 315 Å². The number of anilines is 2. The third-order valence-corrected chi connectivity index (χ3v) is 10.4. The Morgan fingerprint density at radius 2 is 1.67 bits per heavy atom. The number of Topliss-reactive ketones (excluding diaryl/α,β-unsaturated/α-hetero) is 1. The van der Waals surface area contributed by atoms with Gasteiger partial charge in [-0.25, -0.2) is 0 Å². The molecule has 15 nitrogen and oxygen atoms in total. The number of fused-ring (bicyclic) bond motifs is 2. The molecule has 0 aromatic heterocycles. The zero-order valence-corrected chi connectivity index (χ0v) is 30.0. The van der Waals surface area contributed by atoms with Crippen molar-refractivity contribution in [3.8, 4) is 11.5 Å². The SMILES string of the molecule is O=C1CCc2cc(Nc3cc(OC4CCN(CCOCCOc5ccc6c(c5)C(=O)N(C5CCC(=O)NC5=O)C6=O)CC4)c([N+](=O)[O-])cc3Cl)ccc2C1. The first-order valence-corrected chi connectivity index (χ1v) is 18.3. The summed E-state index contributed by atoms with van der Waals surface area (Å²) in [7, 11) is 0. The van der Waals surface area contributed by atoms with Gasteiger partial charge in [0.1, 0.15) is 30.3 Å². The molecule has 0 saturated carbocycles. The largest absolute Gasteiger partial charge is 0.491 e. The van der Waals surface area contributed by atoms with E-state index in [4.69, 9.17) is 25.8 Å². The van der Waals surface area contributed by atoms with Crippen molar-refractivity contribution < 1.29 is 43.1 Å². The molecule has 3 heterocycles. The summed E-state index contributed by atoms with van der Waals surface area (Å²) in [4.78, 5) is 76.1. The van der Waals surface area contributed by atoms with Crippen molar-refractivity contribution in [1.29, 1.82) is 0 Å². The quantitative estimate of drug-likeness (QED) is 0.109. The number of nitrogens with zero attached hydrogens (tertiary/aromatic N) is 3. The van der Waals surface area contributed by atoms with Crippen LogP contribution in [0.15, 0.2) is 48.5 Å². The summed E-state index contributed by atoms with van der Waals surface area (Å²) in [5.74, 6) is -1.53. The number of ether oxygens (including phenoxy) is 3. The summed E-state index contributed by atoms with van der Waals surface area (Å²) in [5.41, 5.74) is 3.47. The molecule has 0 bridgehead atoms. The lowest BCUT2D eigenvalue weighted by molar-refractivity contribution is -0.386. The van der Waals surface area contributed by atoms with Gasteiger partial charge in [-0.15, -0.1) is 0 Å². The number of hydrogen-bond donors (Lipinski definition) is 2. The number of piperidine rings is 2. The maximum absolute atomic E-state index is 13.0. The molecule has 2 saturated heterocycles. The predicted molar refractivity (Wildman–Crippen MR) is 194 cm³/mol. The molecule has 2 fully saturated rings. The molecule has 3 aliphatic heterocycles. The minimum atomic E-state index is -1.03. The molecule has 7 rings (SSSR count). The van der Waals surface area contributed by atoms with E-state index >= 15 is 0 Å². The molecule has 282 valence electrons. The van der Waals surface area contributed by atoms with E-state index in [2.05, 4.69) is 15.5 Å². The van der Waals surface area contributed by atoms with Crippen LogP contribution in [0.4, 0.5) is 17.1 Å². The summed E-state index contributed by atoms with van der Waals surface area (Å²) in [6.07, 6.45) is 2.84. The lowest BCUT2D eigenvalue weighted by Gasteiger charge is -2.32. The van der Waals surface area contributed by atoms with Gasteiger partial charge >= 0.3 is 5.69 Å². The van der Waals surface area contributed by atoms with Crippen LogP contribution in [0.1, 0.15) is 63.9 Å². The fourth-order valence-corrected chi connectivity index (χ4v) is 7.40. The highest BCUT2D eigenvalue weighted by Gasteiger charge is 2.44. The lowest BCUT2D eigenvalue weighted by Crippen LogP contribution is -2.54. The molecule has 0 spiro atoms. The summed E-state index contributed by atoms with van der Waals surface area (Å²) in [6, 6.07) is 12.2. The topological polar surface area (TPSA) is 187 Å². The number of carbonyl (C=O) groups is 5. The van der Waals surface area contributed by atoms with Gasteiger partial charge < -0.3 is 24.4 Å². The molecule has 1 atom stereocenters. The first kappa shape index (κ1) is 37.0. The average Bonchev–Trinajstić information content (AvgIpc) is 3.39. The van der Waals surface area contributed by atoms with Gasteiger partial charge in [-0.3, -0.25) is 44.3 Å². The van der Waals surface area contributed by atoms with Gasteiger partial charge in [0, 0.05) is 56.7 Å². The van der Waals surface area contributed by atoms with Gasteiger partial charge in [-0.1, -0.05) is 17.7 Å². The number of ketones is 1. The van der Waals surface area contributed by atoms with E-state index in [1.165, 1.54) is 18.2 Å². The van der Waals surface area contributed by atoms with Gasteiger partial charge in [-0.2, -0.15) is 0 Å². The molecular weight excluding hydrogens is 722 g/mol. The van der Waals surface area contributed by atoms with Crippen LogP contribution in [0, 0.1) is 10.1 Å². The van der Waals surface area contributed by atoms with Crippen molar-refractivity contribution in [3.05, 3.63) is 85.9 Å². The smallest absolute Gasteiger partial charge is 0.312 e. The third-order valence-electron chi connectivity index (χ3n) is 10.1. The summed E-state index contributed by atoms with van der Waals surface area (Å²) >= 11 is 6.46. The second-order valence-electron chi connectivity index (χ2n) is 13.7. The highest BCUT2D eigenvalue weighted by atomic mass is 35.5. The number of nitrogens with one attached hydrogen (secondary N) is 2. The van der Waals surface area contributed by atoms with E-state index < -0.39 is 34.6 Å². The Kier molecular flexibility index (Phi) is 10.9. The van der Waals surface area contributed by atoms with Crippen molar-refractivity contribution in [2.75, 3.05) is 44.8 Å². The van der Waals surface area contributed by atoms with Crippen molar-refractivity contribution >= 4 is 58.1 Å². The third kappa shape index (κ3) is 8.07. The molecule has 54 heavy (non-hydrogen) atoms. The van der Waals surface area contributed by atoms with Crippen molar-refractivity contribution in [2.45, 2.75) is 57.1 Å². The number of hydrogen-bond acceptors (Lipinski definition) is 12. The molecule has 2 N–H and O–H groups in total. The Balaban J connectivity index is 0.847. The van der Waals surface area contributed by atoms with Crippen molar-refractivity contribution in [3.63, 3.8) is 0 Å². The second-order valence-corrected chi connectivity index (χ2v) is 14.1. The number of rotatable bonds is 13. The van der Waals surface area contributed by atoms with Gasteiger partial charge in [0.25, 0.3) is 11.8 Å². The first-order valence-electron chi connectivity index (χ1n) is 17.9. The van der Waals surface area contributed by atoms with Crippen LogP contribution in [0.3, 0.4) is 0 Å². The molecule has 16 heteroatoms. The molecule has 4 aliphatic rings. The number of nitro groups is 1. The van der Waals surface area contributed by atoms with E-state index in [9.17, 15) is 34.1 Å². The number of benzene rings is 3. The fourth-order valence-electron chi connectivity index (χ4n) is 7.20. The standard InChI is InChI=1S/C38H38ClN5O10/c39-30-20-33(44(50)51)34(21-31(30)40-24-3-1-23-18-25(45)4-2-22(23)17-24)54-26-9-11-42(12-10-26)13-14-52-15-16-53-27-5-6-28-29(19-27)38(49)43(37(28)48)32-7-8-35(46)41-36(32)47/h1,3,5-6,17,19-21,26,32,40H,2,4,7-16,18H2,(H,41,46,47). The zero-order chi connectivity index (χ0) is 37.9. The van der Waals surface area contributed by atoms with Crippen molar-refractivity contribution in [2.24, 2.45) is 0 Å². The van der Waals surface area contributed by atoms with Gasteiger partial charge in [0.05, 0.1) is 40.0 Å². The number of likely N-dealkylation sites (tertiary alicyclic amines) is 1. The molecule has 0 radical (unpaired) electrons. The van der Waals surface area contributed by atoms with Crippen molar-refractivity contribution in [1.82, 2.24) is 15.1 Å². The Morgan fingerprint density at radius 3 is 2.44 bits per heavy atom. The maximum atomic E-state index is 13.0. The van der Waals surface area contributed by atoms with Crippen LogP contribution in [0.5, 0.6) is 11.5 Å². The highest BCUT2D eigenvalue weighted by molar-refractivity contribution is 6.33. The molecule has 3 aromatic rings. The highest BCUT2D eigenvalue weighted by Crippen LogP contribution is 2.39. The van der Waals surface area contributed by atoms with Crippen LogP contribution in [0.25, 0.3) is 0 Å². The number of imide groups is 2. The summed E-state index contributed by atoms with van der Waals surface area (Å²) in [5, 5.41) is 17.5. The van der Waals surface area contributed by atoms with Crippen LogP contribution in [-0.2, 0) is 32.0 Å². The number of carbonyl (C=O) groups excluding carboxylic acids is 5. The van der Waals surface area contributed by atoms with Gasteiger partial charge in [-0.05, 0) is 67.1 Å². The average molecular weight is 760 g/mol. The molecule has 1 unspecified atom stereocenters. The maximum Gasteiger partial charge on any atom is 0.312 e. The molecule has 4 amide bonds. The minimum Gasteiger partial charge on any atom is -0.491 e. The molecule has 1 aliphatic carbocycles. The minimum absolute atomic E-state index is 0.0469. The fraction of sp³-hybridized carbons (Fsp3) is 0.395. The number of nitro benzene ring substituents is 1. The zero-order valence-electron chi connectivity index (χ0n) is 29.3. The van der Waals surface area contributed by atoms with Crippen LogP contribution >= 0.6 is 11.6 Å². The van der Waals surface area contributed by atoms with E-state index in [-0.39, 0.29) is 65.5 Å². The normalized spacial score (nSPS) is 19.0. The monoisotopic (exact) mass is 759 g/mol. The van der Waals surface area contributed by atoms with Crippen LogP contribution in [-0.4, -0.2) is 95.7 Å². The first-order chi connectivity index (χ1) is 26.0. The van der Waals surface area contributed by atoms with Crippen LogP contribution in [0.2, 0.25) is 5.02 Å². The Morgan fingerprint density at radius 1 is 0.870 bits per heavy atom. The summed E-state index contributed by atoms with van der Waals surface area (Å²) in [6.45, 7) is 3.04. The van der Waals surface area contributed by atoms with Gasteiger partial charge in [0.15, 0.2) is 5.75 Å². The van der Waals surface area contributed by atoms with E-state index in [1.807, 2.05) is 18.2 Å². The van der Waals surface area contributed by atoms with E-state index in [1.54, 1.807) is 12.1 Å². The van der Waals surface area contributed by atoms with E-state index in [0.29, 0.717) is 69.8 Å². The summed E-state index contributed by atoms with van der Waals surface area (Å²) < 4.78 is 17.7. The lowest BCUT2D eigenvalue weighted by atomic mass is 9.90. The Bertz CT molecular complexity index is 2030. The number of halogens is 1. The number of amides is 4. The van der Waals surface area contributed by atoms with Gasteiger partial charge in [0.2, 0.25) is 11.8 Å². The number of aryl methyl sites for hydroxylation is 1. The van der Waals surface area contributed by atoms with Crippen LogP contribution < -0.4 is 20.1 Å². The Hall–Kier alpha value is -5.38. The molecular formula is C38H38ClN5O10. The predicted octanol–water partition coefficient (Wildman–Crippen LogP) is 4.39. The second kappa shape index (κ2) is 15.9. The molecule has 3 aromatic carbocycles. The van der Waals surface area contributed by atoms with E-state index in [0.717, 1.165) is 21.7 Å².